The molecule has 1 saturated carbocycles. The molecule has 1 fully saturated rings. The van der Waals surface area contributed by atoms with Gasteiger partial charge in [0.15, 0.2) is 0 Å². The van der Waals surface area contributed by atoms with Gasteiger partial charge < -0.3 is 9.84 Å². The highest BCUT2D eigenvalue weighted by Gasteiger charge is 2.30. The first-order valence-corrected chi connectivity index (χ1v) is 4.55. The third-order valence-electron chi connectivity index (χ3n) is 2.39. The number of hydrogen-bond acceptors (Lipinski definition) is 2. The molecule has 2 nitrogen and oxygen atoms in total. The van der Waals surface area contributed by atoms with Crippen molar-refractivity contribution in [2.75, 3.05) is 13.2 Å². The smallest absolute Gasteiger partial charge is 0.128 e. The van der Waals surface area contributed by atoms with E-state index >= 15 is 0 Å². The largest absolute Gasteiger partial charge is 0.394 e. The first kappa shape index (κ1) is 9.57. The average molecular weight is 168 g/mol. The molecule has 0 bridgehead atoms. The molecule has 1 aliphatic rings. The maximum atomic E-state index is 8.61. The van der Waals surface area contributed by atoms with E-state index in [0.29, 0.717) is 6.61 Å². The third kappa shape index (κ3) is 2.23. The minimum atomic E-state index is -0.360. The molecule has 0 amide bonds. The summed E-state index contributed by atoms with van der Waals surface area (Å²) < 4.78 is 5.48. The minimum absolute atomic E-state index is 0.0590. The van der Waals surface area contributed by atoms with Crippen molar-refractivity contribution < 1.29 is 9.84 Å². The van der Waals surface area contributed by atoms with E-state index in [9.17, 15) is 0 Å². The second-order valence-corrected chi connectivity index (χ2v) is 3.27. The highest BCUT2D eigenvalue weighted by molar-refractivity contribution is 5.09. The van der Waals surface area contributed by atoms with Crippen LogP contribution < -0.4 is 0 Å². The second-order valence-electron chi connectivity index (χ2n) is 3.27. The van der Waals surface area contributed by atoms with Crippen LogP contribution in [-0.4, -0.2) is 23.9 Å². The van der Waals surface area contributed by atoms with Gasteiger partial charge in [-0.1, -0.05) is 12.3 Å². The van der Waals surface area contributed by atoms with Crippen LogP contribution >= 0.6 is 0 Å². The molecule has 0 aliphatic heterocycles. The predicted octanol–water partition coefficient (Wildman–Crippen LogP) is 1.33. The van der Waals surface area contributed by atoms with Crippen molar-refractivity contribution >= 4 is 0 Å². The summed E-state index contributed by atoms with van der Waals surface area (Å²) in [5.74, 6) is 2.72. The Hall–Kier alpha value is -0.520. The van der Waals surface area contributed by atoms with Crippen molar-refractivity contribution in [3.8, 4) is 12.3 Å². The summed E-state index contributed by atoms with van der Waals surface area (Å²) in [5, 5.41) is 8.61. The first-order valence-electron chi connectivity index (χ1n) is 4.55. The molecule has 0 aromatic heterocycles. The maximum Gasteiger partial charge on any atom is 0.128 e. The van der Waals surface area contributed by atoms with Gasteiger partial charge in [0.05, 0.1) is 13.2 Å². The van der Waals surface area contributed by atoms with Gasteiger partial charge in [-0.15, -0.1) is 6.42 Å². The van der Waals surface area contributed by atoms with Crippen LogP contribution in [-0.2, 0) is 4.74 Å². The predicted molar refractivity (Wildman–Crippen MR) is 47.7 cm³/mol. The van der Waals surface area contributed by atoms with E-state index < -0.39 is 0 Å². The van der Waals surface area contributed by atoms with Gasteiger partial charge in [0.25, 0.3) is 0 Å². The standard InChI is InChI=1S/C10H16O2/c1-2-10(12-9-8-11)6-4-3-5-7-10/h1,11H,3-9H2. The van der Waals surface area contributed by atoms with Crippen LogP contribution in [0, 0.1) is 12.3 Å². The second kappa shape index (κ2) is 4.49. The normalized spacial score (nSPS) is 21.7. The van der Waals surface area contributed by atoms with E-state index in [4.69, 9.17) is 16.3 Å². The molecule has 0 spiro atoms. The van der Waals surface area contributed by atoms with Gasteiger partial charge in [0.2, 0.25) is 0 Å². The Morgan fingerprint density at radius 2 is 2.00 bits per heavy atom. The van der Waals surface area contributed by atoms with E-state index in [0.717, 1.165) is 25.7 Å². The average Bonchev–Trinajstić information content (AvgIpc) is 2.16. The van der Waals surface area contributed by atoms with Crippen LogP contribution in [0.15, 0.2) is 0 Å². The molecule has 1 N–H and O–H groups in total. The summed E-state index contributed by atoms with van der Waals surface area (Å²) in [7, 11) is 0. The quantitative estimate of drug-likeness (QED) is 0.644. The van der Waals surface area contributed by atoms with Crippen molar-refractivity contribution in [2.45, 2.75) is 37.7 Å². The molecule has 0 saturated heterocycles. The lowest BCUT2D eigenvalue weighted by molar-refractivity contribution is -0.0395. The molecule has 2 heteroatoms. The Morgan fingerprint density at radius 3 is 2.50 bits per heavy atom. The fourth-order valence-corrected chi connectivity index (χ4v) is 1.69. The van der Waals surface area contributed by atoms with E-state index in [2.05, 4.69) is 5.92 Å². The van der Waals surface area contributed by atoms with Crippen molar-refractivity contribution in [1.82, 2.24) is 0 Å². The Bertz CT molecular complexity index is 163. The van der Waals surface area contributed by atoms with Gasteiger partial charge in [-0.3, -0.25) is 0 Å². The van der Waals surface area contributed by atoms with Crippen LogP contribution in [0.4, 0.5) is 0 Å². The molecule has 0 radical (unpaired) electrons. The topological polar surface area (TPSA) is 29.5 Å². The summed E-state index contributed by atoms with van der Waals surface area (Å²) in [6.45, 7) is 0.424. The third-order valence-corrected chi connectivity index (χ3v) is 2.39. The van der Waals surface area contributed by atoms with E-state index in [1.807, 2.05) is 0 Å². The zero-order valence-electron chi connectivity index (χ0n) is 7.38. The van der Waals surface area contributed by atoms with Gasteiger partial charge in [-0.2, -0.15) is 0 Å². The molecule has 0 atom stereocenters. The zero-order chi connectivity index (χ0) is 8.86. The fourth-order valence-electron chi connectivity index (χ4n) is 1.69. The van der Waals surface area contributed by atoms with Crippen molar-refractivity contribution in [3.05, 3.63) is 0 Å². The lowest BCUT2D eigenvalue weighted by Gasteiger charge is -2.32. The van der Waals surface area contributed by atoms with Crippen LogP contribution in [0.2, 0.25) is 0 Å². The van der Waals surface area contributed by atoms with E-state index in [-0.39, 0.29) is 12.2 Å². The number of terminal acetylenes is 1. The van der Waals surface area contributed by atoms with Crippen molar-refractivity contribution in [1.29, 1.82) is 0 Å². The highest BCUT2D eigenvalue weighted by atomic mass is 16.5. The zero-order valence-corrected chi connectivity index (χ0v) is 7.38. The first-order chi connectivity index (χ1) is 5.83. The summed E-state index contributed by atoms with van der Waals surface area (Å²) in [4.78, 5) is 0. The van der Waals surface area contributed by atoms with Gasteiger partial charge in [-0.25, -0.2) is 0 Å². The van der Waals surface area contributed by atoms with Gasteiger partial charge in [-0.05, 0) is 25.7 Å². The summed E-state index contributed by atoms with van der Waals surface area (Å²) in [6.07, 6.45) is 10.9. The SMILES string of the molecule is C#CC1(OCCO)CCCCC1. The Balaban J connectivity index is 2.44. The Morgan fingerprint density at radius 1 is 1.33 bits per heavy atom. The lowest BCUT2D eigenvalue weighted by Crippen LogP contribution is -2.34. The molecule has 0 unspecified atom stereocenters. The number of hydrogen-bond donors (Lipinski definition) is 1. The highest BCUT2D eigenvalue weighted by Crippen LogP contribution is 2.30. The minimum Gasteiger partial charge on any atom is -0.394 e. The lowest BCUT2D eigenvalue weighted by atomic mass is 9.85. The molecule has 1 rings (SSSR count). The monoisotopic (exact) mass is 168 g/mol. The number of aliphatic hydroxyl groups is 1. The fraction of sp³-hybridized carbons (Fsp3) is 0.800. The molecule has 1 aliphatic carbocycles. The van der Waals surface area contributed by atoms with Gasteiger partial charge in [0, 0.05) is 0 Å². The summed E-state index contributed by atoms with van der Waals surface area (Å²) in [6, 6.07) is 0. The molecule has 68 valence electrons. The Kier molecular flexibility index (Phi) is 3.58. The summed E-state index contributed by atoms with van der Waals surface area (Å²) >= 11 is 0. The van der Waals surface area contributed by atoms with E-state index in [1.165, 1.54) is 6.42 Å². The van der Waals surface area contributed by atoms with Crippen LogP contribution in [0.5, 0.6) is 0 Å². The van der Waals surface area contributed by atoms with E-state index in [1.54, 1.807) is 0 Å². The molecule has 0 aromatic carbocycles. The molecular formula is C10H16O2. The summed E-state index contributed by atoms with van der Waals surface area (Å²) in [5.41, 5.74) is -0.360. The van der Waals surface area contributed by atoms with Gasteiger partial charge in [0.1, 0.15) is 5.60 Å². The number of ether oxygens (including phenoxy) is 1. The molecule has 0 heterocycles. The molecule has 12 heavy (non-hydrogen) atoms. The molecular weight excluding hydrogens is 152 g/mol. The molecule has 0 aromatic rings. The Labute approximate surface area is 73.9 Å². The van der Waals surface area contributed by atoms with Crippen molar-refractivity contribution in [3.63, 3.8) is 0 Å². The van der Waals surface area contributed by atoms with Gasteiger partial charge >= 0.3 is 0 Å². The maximum absolute atomic E-state index is 8.61. The van der Waals surface area contributed by atoms with Crippen LogP contribution in [0.1, 0.15) is 32.1 Å². The van der Waals surface area contributed by atoms with Crippen LogP contribution in [0.3, 0.4) is 0 Å². The number of aliphatic hydroxyl groups excluding tert-OH is 1. The van der Waals surface area contributed by atoms with Crippen LogP contribution in [0.25, 0.3) is 0 Å². The number of rotatable bonds is 3. The van der Waals surface area contributed by atoms with Crippen molar-refractivity contribution in [2.24, 2.45) is 0 Å².